The molecule has 0 bridgehead atoms. The van der Waals surface area contributed by atoms with E-state index in [0.29, 0.717) is 6.54 Å². The zero-order valence-electron chi connectivity index (χ0n) is 12.2. The van der Waals surface area contributed by atoms with Gasteiger partial charge in [0.25, 0.3) is 5.91 Å². The van der Waals surface area contributed by atoms with Crippen molar-refractivity contribution in [2.24, 2.45) is 0 Å². The molecular weight excluding hydrogens is 329 g/mol. The average molecular weight is 343 g/mol. The first-order valence-corrected chi connectivity index (χ1v) is 9.17. The van der Waals surface area contributed by atoms with Crippen LogP contribution in [0.2, 0.25) is 0 Å². The number of fused-ring (bicyclic) bond motifs is 1. The van der Waals surface area contributed by atoms with E-state index in [1.807, 2.05) is 17.5 Å². The number of thiophene rings is 2. The largest absolute Gasteiger partial charge is 0.326 e. The lowest BCUT2D eigenvalue weighted by Crippen LogP contribution is -2.40. The highest BCUT2D eigenvalue weighted by Gasteiger charge is 2.34. The van der Waals surface area contributed by atoms with Gasteiger partial charge < -0.3 is 4.90 Å². The summed E-state index contributed by atoms with van der Waals surface area (Å²) in [6.45, 7) is 0.614. The van der Waals surface area contributed by atoms with Crippen molar-refractivity contribution < 1.29 is 9.18 Å². The second-order valence-corrected chi connectivity index (χ2v) is 7.43. The van der Waals surface area contributed by atoms with Gasteiger partial charge in [0.2, 0.25) is 0 Å². The summed E-state index contributed by atoms with van der Waals surface area (Å²) in [6, 6.07) is 12.2. The minimum Gasteiger partial charge on any atom is -0.326 e. The topological polar surface area (TPSA) is 20.3 Å². The van der Waals surface area contributed by atoms with E-state index < -0.39 is 5.82 Å². The van der Waals surface area contributed by atoms with E-state index in [-0.39, 0.29) is 17.5 Å². The lowest BCUT2D eigenvalue weighted by molar-refractivity contribution is 0.0694. The number of carbonyl (C=O) groups excluding carboxylic acids is 1. The van der Waals surface area contributed by atoms with E-state index in [1.54, 1.807) is 45.8 Å². The lowest BCUT2D eigenvalue weighted by Gasteiger charge is -2.35. The van der Waals surface area contributed by atoms with Crippen molar-refractivity contribution in [3.8, 4) is 0 Å². The molecule has 1 aliphatic heterocycles. The standard InChI is InChI=1S/C18H14FNOS2/c19-14-5-2-1-4-12(14)18(21)20-9-7-15-13(8-11-23-15)17(20)16-6-3-10-22-16/h1-6,8,10-11,17H,7,9H2. The zero-order chi connectivity index (χ0) is 15.8. The van der Waals surface area contributed by atoms with E-state index in [4.69, 9.17) is 0 Å². The van der Waals surface area contributed by atoms with Crippen LogP contribution < -0.4 is 0 Å². The van der Waals surface area contributed by atoms with E-state index in [9.17, 15) is 9.18 Å². The second kappa shape index (κ2) is 5.91. The molecule has 0 saturated heterocycles. The summed E-state index contributed by atoms with van der Waals surface area (Å²) < 4.78 is 14.1. The molecule has 0 N–H and O–H groups in total. The molecule has 0 saturated carbocycles. The van der Waals surface area contributed by atoms with Crippen molar-refractivity contribution in [3.05, 3.63) is 79.9 Å². The van der Waals surface area contributed by atoms with Gasteiger partial charge >= 0.3 is 0 Å². The van der Waals surface area contributed by atoms with Gasteiger partial charge in [-0.3, -0.25) is 4.79 Å². The van der Waals surface area contributed by atoms with Gasteiger partial charge in [0.05, 0.1) is 11.6 Å². The third kappa shape index (κ3) is 2.50. The maximum absolute atomic E-state index is 14.1. The molecule has 3 aromatic rings. The van der Waals surface area contributed by atoms with Gasteiger partial charge in [-0.1, -0.05) is 18.2 Å². The van der Waals surface area contributed by atoms with Crippen LogP contribution in [-0.4, -0.2) is 17.4 Å². The van der Waals surface area contributed by atoms with E-state index >= 15 is 0 Å². The summed E-state index contributed by atoms with van der Waals surface area (Å²) >= 11 is 3.37. The molecule has 5 heteroatoms. The Kier molecular flexibility index (Phi) is 3.75. The Hall–Kier alpha value is -1.98. The fraction of sp³-hybridized carbons (Fsp3) is 0.167. The van der Waals surface area contributed by atoms with Crippen LogP contribution >= 0.6 is 22.7 Å². The number of rotatable bonds is 2. The first kappa shape index (κ1) is 14.6. The van der Waals surface area contributed by atoms with E-state index in [0.717, 1.165) is 11.3 Å². The Balaban J connectivity index is 1.78. The van der Waals surface area contributed by atoms with Crippen LogP contribution in [0.4, 0.5) is 4.39 Å². The maximum Gasteiger partial charge on any atom is 0.257 e. The highest BCUT2D eigenvalue weighted by Crippen LogP contribution is 2.40. The molecule has 0 radical (unpaired) electrons. The highest BCUT2D eigenvalue weighted by molar-refractivity contribution is 7.10. The molecule has 1 aliphatic rings. The molecule has 1 aromatic carbocycles. The van der Waals surface area contributed by atoms with Crippen molar-refractivity contribution in [1.82, 2.24) is 4.90 Å². The van der Waals surface area contributed by atoms with Gasteiger partial charge in [-0.25, -0.2) is 4.39 Å². The minimum atomic E-state index is -0.460. The van der Waals surface area contributed by atoms with E-state index in [2.05, 4.69) is 11.4 Å². The van der Waals surface area contributed by atoms with Crippen LogP contribution in [0, 0.1) is 5.82 Å². The molecule has 1 unspecified atom stereocenters. The SMILES string of the molecule is O=C(c1ccccc1F)N1CCc2sccc2C1c1cccs1. The van der Waals surface area contributed by atoms with Crippen molar-refractivity contribution in [3.63, 3.8) is 0 Å². The Morgan fingerprint density at radius 2 is 1.96 bits per heavy atom. The summed E-state index contributed by atoms with van der Waals surface area (Å²) in [5.41, 5.74) is 1.32. The fourth-order valence-electron chi connectivity index (χ4n) is 3.08. The van der Waals surface area contributed by atoms with Gasteiger partial charge in [0.15, 0.2) is 0 Å². The first-order valence-electron chi connectivity index (χ1n) is 7.41. The molecule has 116 valence electrons. The Morgan fingerprint density at radius 1 is 1.09 bits per heavy atom. The Labute approximate surface area is 141 Å². The molecule has 1 amide bonds. The molecular formula is C18H14FNOS2. The zero-order valence-corrected chi connectivity index (χ0v) is 13.9. The summed E-state index contributed by atoms with van der Waals surface area (Å²) in [7, 11) is 0. The summed E-state index contributed by atoms with van der Waals surface area (Å²) in [5.74, 6) is -0.697. The van der Waals surface area contributed by atoms with Gasteiger partial charge in [-0.2, -0.15) is 0 Å². The number of carbonyl (C=O) groups is 1. The Morgan fingerprint density at radius 3 is 2.74 bits per heavy atom. The molecule has 23 heavy (non-hydrogen) atoms. The summed E-state index contributed by atoms with van der Waals surface area (Å²) in [6.07, 6.45) is 0.828. The first-order chi connectivity index (χ1) is 11.3. The molecule has 0 fully saturated rings. The van der Waals surface area contributed by atoms with Crippen LogP contribution in [0.15, 0.2) is 53.2 Å². The molecule has 4 rings (SSSR count). The molecule has 0 spiro atoms. The second-order valence-electron chi connectivity index (χ2n) is 5.45. The quantitative estimate of drug-likeness (QED) is 0.658. The number of nitrogens with zero attached hydrogens (tertiary/aromatic N) is 1. The normalized spacial score (nSPS) is 17.1. The van der Waals surface area contributed by atoms with Crippen LogP contribution in [-0.2, 0) is 6.42 Å². The molecule has 0 aliphatic carbocycles. The van der Waals surface area contributed by atoms with Crippen molar-refractivity contribution in [1.29, 1.82) is 0 Å². The van der Waals surface area contributed by atoms with Gasteiger partial charge in [-0.15, -0.1) is 22.7 Å². The third-order valence-corrected chi connectivity index (χ3v) is 6.06. The number of amides is 1. The van der Waals surface area contributed by atoms with Gasteiger partial charge in [0, 0.05) is 16.3 Å². The number of hydrogen-bond acceptors (Lipinski definition) is 3. The maximum atomic E-state index is 14.1. The van der Waals surface area contributed by atoms with Crippen molar-refractivity contribution in [2.75, 3.05) is 6.54 Å². The molecule has 1 atom stereocenters. The van der Waals surface area contributed by atoms with Gasteiger partial charge in [-0.05, 0) is 47.0 Å². The Bertz CT molecular complexity index is 840. The van der Waals surface area contributed by atoms with E-state index in [1.165, 1.54) is 16.5 Å². The molecule has 2 aromatic heterocycles. The van der Waals surface area contributed by atoms with Crippen LogP contribution in [0.3, 0.4) is 0 Å². The number of benzene rings is 1. The molecule has 2 nitrogen and oxygen atoms in total. The third-order valence-electron chi connectivity index (χ3n) is 4.14. The van der Waals surface area contributed by atoms with Crippen LogP contribution in [0.5, 0.6) is 0 Å². The fourth-order valence-corrected chi connectivity index (χ4v) is 4.84. The lowest BCUT2D eigenvalue weighted by atomic mass is 9.97. The van der Waals surface area contributed by atoms with Gasteiger partial charge in [0.1, 0.15) is 5.82 Å². The minimum absolute atomic E-state index is 0.114. The number of halogens is 1. The average Bonchev–Trinajstić information content (AvgIpc) is 3.25. The smallest absolute Gasteiger partial charge is 0.257 e. The highest BCUT2D eigenvalue weighted by atomic mass is 32.1. The van der Waals surface area contributed by atoms with Crippen LogP contribution in [0.25, 0.3) is 0 Å². The predicted molar refractivity (Wildman–Crippen MR) is 91.6 cm³/mol. The summed E-state index contributed by atoms with van der Waals surface area (Å²) in [4.78, 5) is 17.2. The van der Waals surface area contributed by atoms with Crippen LogP contribution in [0.1, 0.15) is 31.7 Å². The summed E-state index contributed by atoms with van der Waals surface area (Å²) in [5, 5.41) is 4.09. The predicted octanol–water partition coefficient (Wildman–Crippen LogP) is 4.74. The molecule has 3 heterocycles. The van der Waals surface area contributed by atoms with Crippen molar-refractivity contribution >= 4 is 28.6 Å². The van der Waals surface area contributed by atoms with Crippen molar-refractivity contribution in [2.45, 2.75) is 12.5 Å². The monoisotopic (exact) mass is 343 g/mol. The number of hydrogen-bond donors (Lipinski definition) is 0.